The van der Waals surface area contributed by atoms with Crippen LogP contribution < -0.4 is 14.4 Å². The summed E-state index contributed by atoms with van der Waals surface area (Å²) >= 11 is 0. The second-order valence-corrected chi connectivity index (χ2v) is 13.3. The van der Waals surface area contributed by atoms with E-state index in [0.717, 1.165) is 21.0 Å². The summed E-state index contributed by atoms with van der Waals surface area (Å²) in [5.74, 6) is -0.193. The van der Waals surface area contributed by atoms with E-state index in [4.69, 9.17) is 4.74 Å². The first-order valence-corrected chi connectivity index (χ1v) is 15.7. The van der Waals surface area contributed by atoms with E-state index in [-0.39, 0.29) is 17.3 Å². The maximum Gasteiger partial charge on any atom is 0.264 e. The Bertz CT molecular complexity index is 1450. The minimum absolute atomic E-state index is 0.0670. The molecule has 0 heterocycles. The van der Waals surface area contributed by atoms with E-state index in [1.165, 1.54) is 17.0 Å². The van der Waals surface area contributed by atoms with Crippen molar-refractivity contribution in [3.63, 3.8) is 0 Å². The Labute approximate surface area is 250 Å². The minimum atomic E-state index is -4.14. The zero-order chi connectivity index (χ0) is 31.1. The molecule has 0 aliphatic rings. The van der Waals surface area contributed by atoms with Crippen molar-refractivity contribution in [1.29, 1.82) is 0 Å². The fourth-order valence-corrected chi connectivity index (χ4v) is 5.92. The molecule has 0 fully saturated rings. The number of hydrogen-bond donors (Lipinski definition) is 1. The first kappa shape index (κ1) is 32.7. The number of hydrogen-bond acceptors (Lipinski definition) is 5. The van der Waals surface area contributed by atoms with Crippen LogP contribution in [0.25, 0.3) is 0 Å². The summed E-state index contributed by atoms with van der Waals surface area (Å²) in [7, 11) is -4.14. The number of carbonyl (C=O) groups excluding carboxylic acids is 2. The molecule has 0 unspecified atom stereocenters. The highest BCUT2D eigenvalue weighted by molar-refractivity contribution is 7.92. The van der Waals surface area contributed by atoms with E-state index in [1.807, 2.05) is 72.7 Å². The van der Waals surface area contributed by atoms with Gasteiger partial charge in [-0.05, 0) is 89.9 Å². The fraction of sp³-hybridized carbons (Fsp3) is 0.394. The van der Waals surface area contributed by atoms with Crippen LogP contribution in [0.3, 0.4) is 0 Å². The van der Waals surface area contributed by atoms with Gasteiger partial charge in [0.05, 0.1) is 17.2 Å². The van der Waals surface area contributed by atoms with E-state index in [0.29, 0.717) is 24.5 Å². The van der Waals surface area contributed by atoms with Gasteiger partial charge >= 0.3 is 0 Å². The molecule has 1 atom stereocenters. The maximum atomic E-state index is 14.2. The van der Waals surface area contributed by atoms with Gasteiger partial charge < -0.3 is 15.0 Å². The lowest BCUT2D eigenvalue weighted by atomic mass is 10.1. The van der Waals surface area contributed by atoms with Crippen LogP contribution in [0.4, 0.5) is 5.69 Å². The Morgan fingerprint density at radius 3 is 1.90 bits per heavy atom. The van der Waals surface area contributed by atoms with Crippen LogP contribution in [0.5, 0.6) is 5.75 Å². The number of nitrogens with one attached hydrogen (secondary N) is 1. The average Bonchev–Trinajstić information content (AvgIpc) is 2.92. The zero-order valence-corrected chi connectivity index (χ0v) is 26.5. The fourth-order valence-electron chi connectivity index (χ4n) is 4.50. The first-order valence-electron chi connectivity index (χ1n) is 14.2. The summed E-state index contributed by atoms with van der Waals surface area (Å²) in [6.45, 7) is 13.3. The van der Waals surface area contributed by atoms with Crippen LogP contribution in [0.1, 0.15) is 57.7 Å². The third kappa shape index (κ3) is 8.58. The van der Waals surface area contributed by atoms with Gasteiger partial charge in [0.15, 0.2) is 0 Å². The summed E-state index contributed by atoms with van der Waals surface area (Å²) in [5.41, 5.74) is 2.63. The van der Waals surface area contributed by atoms with Crippen molar-refractivity contribution in [2.24, 2.45) is 0 Å². The van der Waals surface area contributed by atoms with E-state index >= 15 is 0 Å². The smallest absolute Gasteiger partial charge is 0.264 e. The molecule has 0 saturated carbocycles. The van der Waals surface area contributed by atoms with Crippen molar-refractivity contribution in [3.05, 3.63) is 89.5 Å². The van der Waals surface area contributed by atoms with Crippen molar-refractivity contribution >= 4 is 27.5 Å². The number of benzene rings is 3. The molecule has 3 aromatic carbocycles. The summed E-state index contributed by atoms with van der Waals surface area (Å²) in [6, 6.07) is 20.0. The SMILES string of the molecule is CCOc1ccc(N(CC(=O)N(Cc2ccc(C)cc2)[C@H](CC)C(=O)NC(C)(C)C)S(=O)(=O)c2ccc(C)cc2)cc1. The topological polar surface area (TPSA) is 96.0 Å². The Morgan fingerprint density at radius 1 is 0.857 bits per heavy atom. The summed E-state index contributed by atoms with van der Waals surface area (Å²) in [5, 5.41) is 2.99. The highest BCUT2D eigenvalue weighted by Gasteiger charge is 2.34. The van der Waals surface area contributed by atoms with E-state index in [1.54, 1.807) is 36.4 Å². The second-order valence-electron chi connectivity index (χ2n) is 11.4. The van der Waals surface area contributed by atoms with Crippen molar-refractivity contribution < 1.29 is 22.7 Å². The van der Waals surface area contributed by atoms with Crippen LogP contribution in [0.15, 0.2) is 77.7 Å². The van der Waals surface area contributed by atoms with Gasteiger partial charge in [0.2, 0.25) is 11.8 Å². The van der Waals surface area contributed by atoms with Crippen molar-refractivity contribution in [3.8, 4) is 5.75 Å². The predicted octanol–water partition coefficient (Wildman–Crippen LogP) is 5.62. The van der Waals surface area contributed by atoms with Crippen LogP contribution in [-0.4, -0.2) is 49.9 Å². The monoisotopic (exact) mass is 593 g/mol. The number of aryl methyl sites for hydroxylation is 2. The molecule has 3 aromatic rings. The minimum Gasteiger partial charge on any atom is -0.494 e. The number of sulfonamides is 1. The lowest BCUT2D eigenvalue weighted by Crippen LogP contribution is -2.55. The molecule has 2 amide bonds. The Balaban J connectivity index is 2.07. The molecule has 0 bridgehead atoms. The summed E-state index contributed by atoms with van der Waals surface area (Å²) in [6.07, 6.45) is 0.354. The lowest BCUT2D eigenvalue weighted by molar-refractivity contribution is -0.141. The molecule has 42 heavy (non-hydrogen) atoms. The van der Waals surface area contributed by atoms with Gasteiger partial charge in [0.25, 0.3) is 10.0 Å². The highest BCUT2D eigenvalue weighted by Crippen LogP contribution is 2.27. The maximum absolute atomic E-state index is 14.2. The first-order chi connectivity index (χ1) is 19.7. The molecular formula is C33H43N3O5S. The molecule has 0 radical (unpaired) electrons. The molecule has 0 aromatic heterocycles. The standard InChI is InChI=1S/C33H43N3O5S/c1-8-30(32(38)34-33(5,6)7)35(22-26-14-10-24(3)11-15-26)31(37)23-36(27-16-18-28(19-17-27)41-9-2)42(39,40)29-20-12-25(4)13-21-29/h10-21,30H,8-9,22-23H2,1-7H3,(H,34,38)/t30-/m1/s1. The average molecular weight is 594 g/mol. The molecule has 0 aliphatic carbocycles. The number of anilines is 1. The van der Waals surface area contributed by atoms with Crippen molar-refractivity contribution in [2.45, 2.75) is 77.9 Å². The second kappa shape index (κ2) is 13.9. The number of carbonyl (C=O) groups is 2. The highest BCUT2D eigenvalue weighted by atomic mass is 32.2. The normalized spacial score (nSPS) is 12.4. The number of ether oxygens (including phenoxy) is 1. The van der Waals surface area contributed by atoms with Gasteiger partial charge in [0, 0.05) is 12.1 Å². The van der Waals surface area contributed by atoms with Gasteiger partial charge in [-0.3, -0.25) is 13.9 Å². The quantitative estimate of drug-likeness (QED) is 0.294. The van der Waals surface area contributed by atoms with Crippen LogP contribution in [-0.2, 0) is 26.2 Å². The number of nitrogens with zero attached hydrogens (tertiary/aromatic N) is 2. The molecule has 226 valence electrons. The molecule has 9 heteroatoms. The Morgan fingerprint density at radius 2 is 1.40 bits per heavy atom. The molecular weight excluding hydrogens is 550 g/mol. The van der Waals surface area contributed by atoms with Crippen LogP contribution in [0, 0.1) is 13.8 Å². The number of amides is 2. The Kier molecular flexibility index (Phi) is 10.8. The molecule has 3 rings (SSSR count). The molecule has 0 spiro atoms. The largest absolute Gasteiger partial charge is 0.494 e. The molecule has 0 aliphatic heterocycles. The van der Waals surface area contributed by atoms with Gasteiger partial charge in [-0.2, -0.15) is 0 Å². The van der Waals surface area contributed by atoms with Gasteiger partial charge in [-0.25, -0.2) is 8.42 Å². The van der Waals surface area contributed by atoms with Gasteiger partial charge in [0.1, 0.15) is 18.3 Å². The lowest BCUT2D eigenvalue weighted by Gasteiger charge is -2.34. The molecule has 1 N–H and O–H groups in total. The third-order valence-electron chi connectivity index (χ3n) is 6.68. The third-order valence-corrected chi connectivity index (χ3v) is 8.47. The Hall–Kier alpha value is -3.85. The van der Waals surface area contributed by atoms with Crippen molar-refractivity contribution in [1.82, 2.24) is 10.2 Å². The van der Waals surface area contributed by atoms with Gasteiger partial charge in [-0.15, -0.1) is 0 Å². The summed E-state index contributed by atoms with van der Waals surface area (Å²) < 4.78 is 34.7. The van der Waals surface area contributed by atoms with Crippen LogP contribution in [0.2, 0.25) is 0 Å². The predicted molar refractivity (Wildman–Crippen MR) is 167 cm³/mol. The van der Waals surface area contributed by atoms with Gasteiger partial charge in [-0.1, -0.05) is 54.4 Å². The molecule has 8 nitrogen and oxygen atoms in total. The van der Waals surface area contributed by atoms with E-state index in [9.17, 15) is 18.0 Å². The zero-order valence-electron chi connectivity index (χ0n) is 25.7. The molecule has 0 saturated heterocycles. The van der Waals surface area contributed by atoms with Crippen LogP contribution >= 0.6 is 0 Å². The van der Waals surface area contributed by atoms with Crippen molar-refractivity contribution in [2.75, 3.05) is 17.5 Å². The van der Waals surface area contributed by atoms with E-state index in [2.05, 4.69) is 5.32 Å². The summed E-state index contributed by atoms with van der Waals surface area (Å²) in [4.78, 5) is 29.2. The van der Waals surface area contributed by atoms with E-state index < -0.39 is 34.1 Å². The number of rotatable bonds is 12.